The maximum absolute atomic E-state index is 12.6. The topological polar surface area (TPSA) is 24.9 Å². The zero-order valence-electron chi connectivity index (χ0n) is 9.07. The Morgan fingerprint density at radius 2 is 1.75 bits per heavy atom. The number of benzene rings is 1. The van der Waals surface area contributed by atoms with Gasteiger partial charge in [-0.05, 0) is 36.8 Å². The van der Waals surface area contributed by atoms with Crippen molar-refractivity contribution in [2.24, 2.45) is 0 Å². The summed E-state index contributed by atoms with van der Waals surface area (Å²) in [4.78, 5) is 3.63. The summed E-state index contributed by atoms with van der Waals surface area (Å²) in [5.41, 5.74) is 3.04. The zero-order valence-corrected chi connectivity index (χ0v) is 9.07. The summed E-state index contributed by atoms with van der Waals surface area (Å²) in [7, 11) is 0. The summed E-state index contributed by atoms with van der Waals surface area (Å²) in [5.74, 6) is -0.451. The molecule has 0 atom stereocenters. The molecule has 82 valence electrons. The zero-order chi connectivity index (χ0) is 11.4. The lowest BCUT2D eigenvalue weighted by Crippen LogP contribution is -1.95. The normalized spacial score (nSPS) is 10.1. The molecule has 0 saturated heterocycles. The van der Waals surface area contributed by atoms with Crippen molar-refractivity contribution < 1.29 is 4.39 Å². The van der Waals surface area contributed by atoms with Crippen LogP contribution < -0.4 is 5.32 Å². The van der Waals surface area contributed by atoms with Gasteiger partial charge < -0.3 is 5.32 Å². The van der Waals surface area contributed by atoms with Crippen molar-refractivity contribution in [1.82, 2.24) is 4.98 Å². The molecule has 2 nitrogen and oxygen atoms in total. The van der Waals surface area contributed by atoms with Gasteiger partial charge in [0, 0.05) is 24.0 Å². The van der Waals surface area contributed by atoms with E-state index in [4.69, 9.17) is 0 Å². The molecular weight excluding hydrogens is 203 g/mol. The van der Waals surface area contributed by atoms with Gasteiger partial charge in [-0.2, -0.15) is 4.39 Å². The maximum Gasteiger partial charge on any atom is 0.212 e. The molecule has 0 unspecified atom stereocenters. The highest BCUT2D eigenvalue weighted by atomic mass is 19.1. The Kier molecular flexibility index (Phi) is 3.15. The number of anilines is 1. The van der Waals surface area contributed by atoms with Crippen LogP contribution >= 0.6 is 0 Å². The minimum absolute atomic E-state index is 0.451. The van der Waals surface area contributed by atoms with E-state index in [0.29, 0.717) is 0 Å². The molecule has 0 radical (unpaired) electrons. The fraction of sp³-hybridized carbons (Fsp3) is 0.154. The summed E-state index contributed by atoms with van der Waals surface area (Å²) < 4.78 is 12.6. The molecule has 0 spiro atoms. The van der Waals surface area contributed by atoms with Crippen molar-refractivity contribution in [1.29, 1.82) is 0 Å². The Balaban J connectivity index is 2.24. The molecule has 2 rings (SSSR count). The van der Waals surface area contributed by atoms with Crippen molar-refractivity contribution in [2.75, 3.05) is 11.9 Å². The van der Waals surface area contributed by atoms with E-state index in [1.54, 1.807) is 6.07 Å². The molecule has 1 aromatic carbocycles. The smallest absolute Gasteiger partial charge is 0.212 e. The van der Waals surface area contributed by atoms with Crippen LogP contribution in [0.5, 0.6) is 0 Å². The summed E-state index contributed by atoms with van der Waals surface area (Å²) in [5, 5.41) is 3.22. The molecule has 1 heterocycles. The van der Waals surface area contributed by atoms with E-state index in [0.717, 1.165) is 23.4 Å². The third-order valence-corrected chi connectivity index (χ3v) is 2.33. The maximum atomic E-state index is 12.6. The third kappa shape index (κ3) is 2.37. The van der Waals surface area contributed by atoms with Crippen LogP contribution in [0, 0.1) is 5.95 Å². The van der Waals surface area contributed by atoms with Gasteiger partial charge in [-0.25, -0.2) is 4.98 Å². The second-order valence-corrected chi connectivity index (χ2v) is 3.48. The number of nitrogens with zero attached hydrogens (tertiary/aromatic N) is 1. The van der Waals surface area contributed by atoms with E-state index in [1.165, 1.54) is 12.3 Å². The number of hydrogen-bond acceptors (Lipinski definition) is 2. The van der Waals surface area contributed by atoms with Gasteiger partial charge in [0.25, 0.3) is 0 Å². The van der Waals surface area contributed by atoms with Gasteiger partial charge in [0.15, 0.2) is 0 Å². The minimum Gasteiger partial charge on any atom is -0.385 e. The Labute approximate surface area is 94.2 Å². The Morgan fingerprint density at radius 3 is 2.31 bits per heavy atom. The number of hydrogen-bond donors (Lipinski definition) is 1. The average Bonchev–Trinajstić information content (AvgIpc) is 2.32. The van der Waals surface area contributed by atoms with E-state index in [1.807, 2.05) is 24.3 Å². The molecule has 0 fully saturated rings. The van der Waals surface area contributed by atoms with Crippen LogP contribution in [0.4, 0.5) is 10.1 Å². The van der Waals surface area contributed by atoms with Crippen LogP contribution in [0.15, 0.2) is 42.6 Å². The predicted molar refractivity (Wildman–Crippen MR) is 63.8 cm³/mol. The highest BCUT2D eigenvalue weighted by Gasteiger charge is 1.98. The molecule has 0 bridgehead atoms. The van der Waals surface area contributed by atoms with E-state index in [2.05, 4.69) is 17.2 Å². The van der Waals surface area contributed by atoms with Crippen molar-refractivity contribution in [3.8, 4) is 11.1 Å². The van der Waals surface area contributed by atoms with Gasteiger partial charge in [0.2, 0.25) is 5.95 Å². The molecular formula is C13H13FN2. The number of pyridine rings is 1. The SMILES string of the molecule is CCNc1ccc(-c2ccc(F)nc2)cc1. The first-order valence-corrected chi connectivity index (χ1v) is 5.25. The first kappa shape index (κ1) is 10.6. The highest BCUT2D eigenvalue weighted by molar-refractivity contribution is 5.65. The van der Waals surface area contributed by atoms with E-state index in [9.17, 15) is 4.39 Å². The van der Waals surface area contributed by atoms with Crippen molar-refractivity contribution in [3.05, 3.63) is 48.5 Å². The van der Waals surface area contributed by atoms with E-state index < -0.39 is 5.95 Å². The summed E-state index contributed by atoms with van der Waals surface area (Å²) in [6.45, 7) is 2.95. The summed E-state index contributed by atoms with van der Waals surface area (Å²) in [6.07, 6.45) is 1.54. The van der Waals surface area contributed by atoms with Crippen LogP contribution in [-0.2, 0) is 0 Å². The molecule has 3 heteroatoms. The Bertz CT molecular complexity index is 448. The summed E-state index contributed by atoms with van der Waals surface area (Å²) in [6, 6.07) is 11.1. The summed E-state index contributed by atoms with van der Waals surface area (Å²) >= 11 is 0. The van der Waals surface area contributed by atoms with Crippen LogP contribution in [0.3, 0.4) is 0 Å². The largest absolute Gasteiger partial charge is 0.385 e. The number of halogens is 1. The standard InChI is InChI=1S/C13H13FN2/c1-2-15-12-6-3-10(4-7-12)11-5-8-13(14)16-9-11/h3-9,15H,2H2,1H3. The number of rotatable bonds is 3. The molecule has 0 amide bonds. The lowest BCUT2D eigenvalue weighted by molar-refractivity contribution is 0.584. The molecule has 16 heavy (non-hydrogen) atoms. The van der Waals surface area contributed by atoms with Gasteiger partial charge in [-0.1, -0.05) is 12.1 Å². The molecule has 0 aliphatic carbocycles. The van der Waals surface area contributed by atoms with Crippen LogP contribution in [0.2, 0.25) is 0 Å². The second-order valence-electron chi connectivity index (χ2n) is 3.48. The molecule has 0 saturated carbocycles. The minimum atomic E-state index is -0.451. The average molecular weight is 216 g/mol. The van der Waals surface area contributed by atoms with Gasteiger partial charge >= 0.3 is 0 Å². The van der Waals surface area contributed by atoms with Crippen molar-refractivity contribution in [2.45, 2.75) is 6.92 Å². The van der Waals surface area contributed by atoms with E-state index >= 15 is 0 Å². The molecule has 0 aliphatic heterocycles. The Hall–Kier alpha value is -1.90. The van der Waals surface area contributed by atoms with Crippen molar-refractivity contribution in [3.63, 3.8) is 0 Å². The van der Waals surface area contributed by atoms with Gasteiger partial charge in [-0.15, -0.1) is 0 Å². The molecule has 1 aromatic heterocycles. The van der Waals surface area contributed by atoms with Gasteiger partial charge in [-0.3, -0.25) is 0 Å². The monoisotopic (exact) mass is 216 g/mol. The lowest BCUT2D eigenvalue weighted by atomic mass is 10.1. The molecule has 1 N–H and O–H groups in total. The third-order valence-electron chi connectivity index (χ3n) is 2.33. The first-order valence-electron chi connectivity index (χ1n) is 5.25. The number of aromatic nitrogens is 1. The predicted octanol–water partition coefficient (Wildman–Crippen LogP) is 3.32. The fourth-order valence-corrected chi connectivity index (χ4v) is 1.53. The second kappa shape index (κ2) is 4.75. The molecule has 2 aromatic rings. The van der Waals surface area contributed by atoms with Crippen LogP contribution in [-0.4, -0.2) is 11.5 Å². The van der Waals surface area contributed by atoms with Crippen LogP contribution in [0.25, 0.3) is 11.1 Å². The fourth-order valence-electron chi connectivity index (χ4n) is 1.53. The number of nitrogens with one attached hydrogen (secondary N) is 1. The Morgan fingerprint density at radius 1 is 1.06 bits per heavy atom. The van der Waals surface area contributed by atoms with E-state index in [-0.39, 0.29) is 0 Å². The quantitative estimate of drug-likeness (QED) is 0.796. The van der Waals surface area contributed by atoms with Crippen molar-refractivity contribution >= 4 is 5.69 Å². The first-order chi connectivity index (χ1) is 7.79. The van der Waals surface area contributed by atoms with Gasteiger partial charge in [0.05, 0.1) is 0 Å². The highest BCUT2D eigenvalue weighted by Crippen LogP contribution is 2.20. The van der Waals surface area contributed by atoms with Gasteiger partial charge in [0.1, 0.15) is 0 Å². The van der Waals surface area contributed by atoms with Crippen LogP contribution in [0.1, 0.15) is 6.92 Å². The lowest BCUT2D eigenvalue weighted by Gasteiger charge is -2.05. The molecule has 0 aliphatic rings.